The first-order valence-corrected chi connectivity index (χ1v) is 10.7. The van der Waals surface area contributed by atoms with Gasteiger partial charge in [0.25, 0.3) is 0 Å². The predicted octanol–water partition coefficient (Wildman–Crippen LogP) is 4.90. The van der Waals surface area contributed by atoms with Gasteiger partial charge in [0.1, 0.15) is 13.2 Å². The maximum atomic E-state index is 13.1. The van der Waals surface area contributed by atoms with Crippen LogP contribution in [-0.2, 0) is 19.1 Å². The van der Waals surface area contributed by atoms with E-state index in [2.05, 4.69) is 5.32 Å². The Labute approximate surface area is 197 Å². The molecule has 0 aromatic heterocycles. The number of carbonyl (C=O) groups excluding carboxylic acids is 2. The summed E-state index contributed by atoms with van der Waals surface area (Å²) in [5.74, 6) is -1.91. The van der Waals surface area contributed by atoms with E-state index in [1.807, 2.05) is 42.5 Å². The lowest BCUT2D eigenvalue weighted by Crippen LogP contribution is -2.30. The van der Waals surface area contributed by atoms with Gasteiger partial charge in [-0.25, -0.2) is 9.59 Å². The van der Waals surface area contributed by atoms with Crippen molar-refractivity contribution < 1.29 is 19.1 Å². The molecule has 33 heavy (non-hydrogen) atoms. The first-order valence-electron chi connectivity index (χ1n) is 10.4. The molecule has 2 aromatic rings. The van der Waals surface area contributed by atoms with Gasteiger partial charge in [-0.1, -0.05) is 60.1 Å². The third-order valence-electron chi connectivity index (χ3n) is 4.95. The number of hydrogen-bond donors (Lipinski definition) is 1. The summed E-state index contributed by atoms with van der Waals surface area (Å²) in [5, 5.41) is 12.2. The Morgan fingerprint density at radius 2 is 1.91 bits per heavy atom. The monoisotopic (exact) mass is 462 g/mol. The van der Waals surface area contributed by atoms with Crippen LogP contribution in [0.3, 0.4) is 0 Å². The maximum absolute atomic E-state index is 13.1. The lowest BCUT2D eigenvalue weighted by molar-refractivity contribution is -0.139. The predicted molar refractivity (Wildman–Crippen MR) is 126 cm³/mol. The van der Waals surface area contributed by atoms with E-state index in [0.29, 0.717) is 21.9 Å². The fourth-order valence-electron chi connectivity index (χ4n) is 3.42. The average molecular weight is 463 g/mol. The molecule has 2 aromatic carbocycles. The fourth-order valence-corrected chi connectivity index (χ4v) is 3.62. The van der Waals surface area contributed by atoms with Crippen molar-refractivity contribution in [2.24, 2.45) is 0 Å². The van der Waals surface area contributed by atoms with Gasteiger partial charge in [0.05, 0.1) is 29.6 Å². The van der Waals surface area contributed by atoms with E-state index >= 15 is 0 Å². The molecular weight excluding hydrogens is 440 g/mol. The SMILES string of the molecule is CC1=C(C(=O)OC/C=C/c2ccccc2)C(c2cccc(Cl)c2)C(C(=O)OCCC#N)=CN1. The molecule has 1 heterocycles. The first kappa shape index (κ1) is 23.8. The van der Waals surface area contributed by atoms with Crippen LogP contribution in [0.4, 0.5) is 0 Å². The lowest BCUT2D eigenvalue weighted by Gasteiger charge is -2.27. The molecule has 6 nitrogen and oxygen atoms in total. The van der Waals surface area contributed by atoms with Gasteiger partial charge >= 0.3 is 11.9 Å². The third-order valence-corrected chi connectivity index (χ3v) is 5.19. The molecule has 0 spiro atoms. The Bertz CT molecular complexity index is 1150. The first-order chi connectivity index (χ1) is 16.0. The number of nitrogens with zero attached hydrogens (tertiary/aromatic N) is 1. The van der Waals surface area contributed by atoms with Gasteiger partial charge in [-0.05, 0) is 36.3 Å². The number of ether oxygens (including phenoxy) is 2. The minimum atomic E-state index is -0.731. The van der Waals surface area contributed by atoms with Gasteiger partial charge in [-0.2, -0.15) is 5.26 Å². The molecule has 1 atom stereocenters. The molecule has 0 bridgehead atoms. The van der Waals surface area contributed by atoms with E-state index in [-0.39, 0.29) is 25.2 Å². The normalized spacial score (nSPS) is 15.4. The van der Waals surface area contributed by atoms with E-state index in [0.717, 1.165) is 5.56 Å². The Balaban J connectivity index is 1.83. The molecule has 7 heteroatoms. The van der Waals surface area contributed by atoms with Crippen LogP contribution in [0.2, 0.25) is 5.02 Å². The van der Waals surface area contributed by atoms with Crippen molar-refractivity contribution in [3.8, 4) is 6.07 Å². The number of esters is 2. The minimum absolute atomic E-state index is 0.0400. The van der Waals surface area contributed by atoms with Crippen molar-refractivity contribution in [1.29, 1.82) is 5.26 Å². The van der Waals surface area contributed by atoms with Crippen molar-refractivity contribution in [2.45, 2.75) is 19.3 Å². The zero-order valence-corrected chi connectivity index (χ0v) is 18.8. The number of halogens is 1. The molecule has 168 valence electrons. The van der Waals surface area contributed by atoms with Crippen LogP contribution in [0.15, 0.2) is 83.7 Å². The molecule has 0 amide bonds. The van der Waals surface area contributed by atoms with Gasteiger partial charge in [-0.3, -0.25) is 0 Å². The van der Waals surface area contributed by atoms with Crippen molar-refractivity contribution in [3.05, 3.63) is 99.9 Å². The summed E-state index contributed by atoms with van der Waals surface area (Å²) in [6.45, 7) is 1.77. The van der Waals surface area contributed by atoms with Crippen LogP contribution < -0.4 is 5.32 Å². The summed E-state index contributed by atoms with van der Waals surface area (Å²) in [7, 11) is 0. The Hall–Kier alpha value is -3.82. The van der Waals surface area contributed by atoms with E-state index in [9.17, 15) is 9.59 Å². The summed E-state index contributed by atoms with van der Waals surface area (Å²) in [6, 6.07) is 18.5. The standard InChI is InChI=1S/C26H23ClN2O4/c1-18-23(26(31)33-14-6-10-19-8-3-2-4-9-19)24(20-11-5-12-21(27)16-20)22(17-29-18)25(30)32-15-7-13-28/h2-6,8-12,16-17,24,29H,7,14-15H2,1H3/b10-6+. The highest BCUT2D eigenvalue weighted by atomic mass is 35.5. The topological polar surface area (TPSA) is 88.4 Å². The second-order valence-corrected chi connectivity index (χ2v) is 7.66. The molecule has 0 radical (unpaired) electrons. The number of benzene rings is 2. The van der Waals surface area contributed by atoms with Crippen LogP contribution >= 0.6 is 11.6 Å². The Morgan fingerprint density at radius 3 is 2.64 bits per heavy atom. The quantitative estimate of drug-likeness (QED) is 0.443. The van der Waals surface area contributed by atoms with Crippen LogP contribution in [0, 0.1) is 11.3 Å². The fraction of sp³-hybridized carbons (Fsp3) is 0.192. The average Bonchev–Trinajstić information content (AvgIpc) is 2.82. The van der Waals surface area contributed by atoms with Gasteiger partial charge in [-0.15, -0.1) is 0 Å². The second kappa shape index (κ2) is 11.7. The molecule has 1 N–H and O–H groups in total. The summed E-state index contributed by atoms with van der Waals surface area (Å²) >= 11 is 6.19. The van der Waals surface area contributed by atoms with Crippen LogP contribution in [0.5, 0.6) is 0 Å². The summed E-state index contributed by atoms with van der Waals surface area (Å²) < 4.78 is 10.7. The molecule has 1 unspecified atom stereocenters. The number of dihydropyridines is 1. The molecule has 0 aliphatic carbocycles. The van der Waals surface area contributed by atoms with E-state index in [1.54, 1.807) is 37.3 Å². The molecule has 3 rings (SSSR count). The zero-order chi connectivity index (χ0) is 23.6. The van der Waals surface area contributed by atoms with Crippen LogP contribution in [-0.4, -0.2) is 25.2 Å². The number of carbonyl (C=O) groups is 2. The summed E-state index contributed by atoms with van der Waals surface area (Å²) in [5.41, 5.74) is 2.72. The van der Waals surface area contributed by atoms with Crippen molar-refractivity contribution in [2.75, 3.05) is 13.2 Å². The highest BCUT2D eigenvalue weighted by Crippen LogP contribution is 2.37. The lowest BCUT2D eigenvalue weighted by atomic mass is 9.82. The molecule has 0 saturated heterocycles. The second-order valence-electron chi connectivity index (χ2n) is 7.23. The number of nitriles is 1. The number of rotatable bonds is 8. The molecular formula is C26H23ClN2O4. The minimum Gasteiger partial charge on any atom is -0.461 e. The van der Waals surface area contributed by atoms with E-state index < -0.39 is 17.9 Å². The van der Waals surface area contributed by atoms with Crippen molar-refractivity contribution >= 4 is 29.6 Å². The number of hydrogen-bond acceptors (Lipinski definition) is 6. The Kier molecular flexibility index (Phi) is 8.45. The van der Waals surface area contributed by atoms with E-state index in [1.165, 1.54) is 6.20 Å². The van der Waals surface area contributed by atoms with Crippen molar-refractivity contribution in [3.63, 3.8) is 0 Å². The van der Waals surface area contributed by atoms with Crippen molar-refractivity contribution in [1.82, 2.24) is 5.32 Å². The van der Waals surface area contributed by atoms with Gasteiger partial charge in [0, 0.05) is 16.9 Å². The molecule has 1 aliphatic rings. The van der Waals surface area contributed by atoms with Gasteiger partial charge in [0.15, 0.2) is 0 Å². The van der Waals surface area contributed by atoms with E-state index in [4.69, 9.17) is 26.3 Å². The highest BCUT2D eigenvalue weighted by Gasteiger charge is 2.36. The maximum Gasteiger partial charge on any atom is 0.337 e. The number of allylic oxidation sites excluding steroid dienone is 1. The molecule has 0 fully saturated rings. The summed E-state index contributed by atoms with van der Waals surface area (Å²) in [4.78, 5) is 25.9. The summed E-state index contributed by atoms with van der Waals surface area (Å²) in [6.07, 6.45) is 5.20. The third kappa shape index (κ3) is 6.34. The molecule has 0 saturated carbocycles. The zero-order valence-electron chi connectivity index (χ0n) is 18.1. The van der Waals surface area contributed by atoms with Crippen LogP contribution in [0.1, 0.15) is 30.4 Å². The molecule has 1 aliphatic heterocycles. The smallest absolute Gasteiger partial charge is 0.337 e. The largest absolute Gasteiger partial charge is 0.461 e. The van der Waals surface area contributed by atoms with Crippen LogP contribution in [0.25, 0.3) is 6.08 Å². The number of nitrogens with one attached hydrogen (secondary N) is 1. The van der Waals surface area contributed by atoms with Gasteiger partial charge < -0.3 is 14.8 Å². The Morgan fingerprint density at radius 1 is 1.12 bits per heavy atom. The van der Waals surface area contributed by atoms with Gasteiger partial charge in [0.2, 0.25) is 0 Å². The highest BCUT2D eigenvalue weighted by molar-refractivity contribution is 6.30.